The van der Waals surface area contributed by atoms with Gasteiger partial charge in [0.25, 0.3) is 0 Å². The number of benzene rings is 1. The van der Waals surface area contributed by atoms with E-state index < -0.39 is 5.54 Å². The van der Waals surface area contributed by atoms with Crippen molar-refractivity contribution in [1.82, 2.24) is 20.2 Å². The number of imidazole rings is 1. The molecule has 1 unspecified atom stereocenters. The third-order valence-electron chi connectivity index (χ3n) is 5.78. The first-order valence-corrected chi connectivity index (χ1v) is 10.5. The monoisotopic (exact) mass is 409 g/mol. The average Bonchev–Trinajstić information content (AvgIpc) is 3.36. The van der Waals surface area contributed by atoms with Gasteiger partial charge in [0, 0.05) is 23.7 Å². The molecule has 1 aromatic carbocycles. The lowest BCUT2D eigenvalue weighted by Gasteiger charge is -2.36. The summed E-state index contributed by atoms with van der Waals surface area (Å²) in [6.07, 6.45) is 3.34. The molecule has 1 fully saturated rings. The Kier molecular flexibility index (Phi) is 6.78. The van der Waals surface area contributed by atoms with Crippen LogP contribution in [0.2, 0.25) is 0 Å². The number of nitrogens with one attached hydrogen (secondary N) is 2. The number of hydrogen-bond acceptors (Lipinski definition) is 5. The molecule has 1 amide bonds. The molecule has 0 aliphatic carbocycles. The maximum Gasteiger partial charge on any atom is 0.237 e. The summed E-state index contributed by atoms with van der Waals surface area (Å²) in [6.45, 7) is 9.56. The Bertz CT molecular complexity index is 914. The highest BCUT2D eigenvalue weighted by atomic mass is 16.5. The van der Waals surface area contributed by atoms with Crippen molar-refractivity contribution in [3.05, 3.63) is 47.5 Å². The number of rotatable bonds is 8. The summed E-state index contributed by atoms with van der Waals surface area (Å²) in [6, 6.07) is 9.97. The highest BCUT2D eigenvalue weighted by Gasteiger charge is 2.36. The van der Waals surface area contributed by atoms with Crippen molar-refractivity contribution in [2.45, 2.75) is 58.0 Å². The van der Waals surface area contributed by atoms with Crippen LogP contribution in [-0.2, 0) is 4.79 Å². The molecule has 0 saturated carbocycles. The van der Waals surface area contributed by atoms with Crippen LogP contribution < -0.4 is 10.1 Å². The van der Waals surface area contributed by atoms with E-state index in [0.29, 0.717) is 13.2 Å². The first-order chi connectivity index (χ1) is 14.4. The second-order valence-corrected chi connectivity index (χ2v) is 8.30. The minimum Gasteiger partial charge on any atom is -0.494 e. The van der Waals surface area contributed by atoms with Crippen LogP contribution in [0.5, 0.6) is 5.75 Å². The number of aromatic nitrogens is 2. The van der Waals surface area contributed by atoms with E-state index in [1.165, 1.54) is 0 Å². The molecule has 0 spiro atoms. The Balaban J connectivity index is 1.85. The van der Waals surface area contributed by atoms with Crippen LogP contribution in [0.15, 0.2) is 30.6 Å². The van der Waals surface area contributed by atoms with Gasteiger partial charge in [0.2, 0.25) is 5.91 Å². The zero-order valence-corrected chi connectivity index (χ0v) is 18.2. The average molecular weight is 410 g/mol. The number of carbonyl (C=O) groups is 1. The Morgan fingerprint density at radius 3 is 2.97 bits per heavy atom. The highest BCUT2D eigenvalue weighted by molar-refractivity contribution is 5.79. The van der Waals surface area contributed by atoms with Gasteiger partial charge in [0.05, 0.1) is 31.2 Å². The summed E-state index contributed by atoms with van der Waals surface area (Å²) >= 11 is 0. The third kappa shape index (κ3) is 4.65. The number of aromatic amines is 1. The van der Waals surface area contributed by atoms with E-state index in [9.17, 15) is 10.1 Å². The van der Waals surface area contributed by atoms with Crippen molar-refractivity contribution < 1.29 is 9.53 Å². The molecule has 3 rings (SSSR count). The molecule has 2 aromatic rings. The Hall–Kier alpha value is -2.85. The summed E-state index contributed by atoms with van der Waals surface area (Å²) in [4.78, 5) is 22.2. The summed E-state index contributed by atoms with van der Waals surface area (Å²) in [5.41, 5.74) is 2.52. The number of nitrogens with zero attached hydrogens (tertiary/aromatic N) is 3. The largest absolute Gasteiger partial charge is 0.494 e. The lowest BCUT2D eigenvalue weighted by Crippen LogP contribution is -2.50. The molecule has 160 valence electrons. The summed E-state index contributed by atoms with van der Waals surface area (Å²) in [7, 11) is 0. The Labute approximate surface area is 178 Å². The molecular weight excluding hydrogens is 378 g/mol. The van der Waals surface area contributed by atoms with Crippen LogP contribution in [0.3, 0.4) is 0 Å². The van der Waals surface area contributed by atoms with Crippen molar-refractivity contribution in [2.75, 3.05) is 19.7 Å². The topological polar surface area (TPSA) is 94.0 Å². The van der Waals surface area contributed by atoms with Crippen molar-refractivity contribution in [1.29, 1.82) is 5.26 Å². The number of H-pyrrole nitrogens is 1. The van der Waals surface area contributed by atoms with Crippen molar-refractivity contribution in [2.24, 2.45) is 0 Å². The minimum absolute atomic E-state index is 0.0345. The normalized spacial score (nSPS) is 17.6. The van der Waals surface area contributed by atoms with E-state index in [4.69, 9.17) is 4.74 Å². The molecule has 1 saturated heterocycles. The fourth-order valence-electron chi connectivity index (χ4n) is 4.23. The molecular formula is C23H31N5O2. The van der Waals surface area contributed by atoms with Gasteiger partial charge in [-0.15, -0.1) is 0 Å². The molecule has 7 heteroatoms. The number of amides is 1. The van der Waals surface area contributed by atoms with Crippen LogP contribution >= 0.6 is 0 Å². The summed E-state index contributed by atoms with van der Waals surface area (Å²) in [5, 5.41) is 12.7. The fourth-order valence-corrected chi connectivity index (χ4v) is 4.23. The maximum atomic E-state index is 12.8. The lowest BCUT2D eigenvalue weighted by atomic mass is 9.79. The van der Waals surface area contributed by atoms with Gasteiger partial charge in [-0.2, -0.15) is 5.26 Å². The third-order valence-corrected chi connectivity index (χ3v) is 5.78. The maximum absolute atomic E-state index is 12.8. The first kappa shape index (κ1) is 21.8. The second kappa shape index (κ2) is 9.31. The number of aryl methyl sites for hydroxylation is 1. The molecule has 2 heterocycles. The van der Waals surface area contributed by atoms with Crippen LogP contribution in [0, 0.1) is 18.3 Å². The number of carbonyl (C=O) groups excluding carboxylic acids is 1. The van der Waals surface area contributed by atoms with Crippen LogP contribution in [0.1, 0.15) is 56.5 Å². The standard InChI is InChI=1S/C23H31N5O2/c1-5-30-19-10-6-8-17(12-19)21(22-16(2)25-15-26-22)23(3,4)27-14-20(29)28-11-7-9-18(28)13-24/h6,8,10,12,15,18,21,27H,5,7,9,11,14H2,1-4H3,(H,25,26)/t18-,21?/m0/s1. The molecule has 1 aliphatic rings. The van der Waals surface area contributed by atoms with Gasteiger partial charge in [-0.25, -0.2) is 4.98 Å². The van der Waals surface area contributed by atoms with Gasteiger partial charge in [0.15, 0.2) is 0 Å². The predicted octanol–water partition coefficient (Wildman–Crippen LogP) is 3.13. The van der Waals surface area contributed by atoms with Gasteiger partial charge < -0.3 is 19.9 Å². The van der Waals surface area contributed by atoms with Gasteiger partial charge in [-0.05, 0) is 58.2 Å². The fraction of sp³-hybridized carbons (Fsp3) is 0.522. The van der Waals surface area contributed by atoms with Crippen molar-refractivity contribution >= 4 is 5.91 Å². The summed E-state index contributed by atoms with van der Waals surface area (Å²) in [5.74, 6) is 0.684. The van der Waals surface area contributed by atoms with Gasteiger partial charge in [0.1, 0.15) is 11.8 Å². The number of ether oxygens (including phenoxy) is 1. The lowest BCUT2D eigenvalue weighted by molar-refractivity contribution is -0.130. The van der Waals surface area contributed by atoms with Crippen molar-refractivity contribution in [3.8, 4) is 11.8 Å². The van der Waals surface area contributed by atoms with Gasteiger partial charge >= 0.3 is 0 Å². The van der Waals surface area contributed by atoms with E-state index in [1.807, 2.05) is 32.0 Å². The van der Waals surface area contributed by atoms with E-state index in [2.05, 4.69) is 41.3 Å². The minimum atomic E-state index is -0.470. The second-order valence-electron chi connectivity index (χ2n) is 8.30. The molecule has 2 N–H and O–H groups in total. The van der Waals surface area contributed by atoms with E-state index >= 15 is 0 Å². The Morgan fingerprint density at radius 2 is 2.30 bits per heavy atom. The zero-order chi connectivity index (χ0) is 21.7. The molecule has 1 aliphatic heterocycles. The van der Waals surface area contributed by atoms with Crippen LogP contribution in [0.25, 0.3) is 0 Å². The number of hydrogen-bond donors (Lipinski definition) is 2. The molecule has 0 bridgehead atoms. The van der Waals surface area contributed by atoms with E-state index in [1.54, 1.807) is 11.2 Å². The molecule has 7 nitrogen and oxygen atoms in total. The zero-order valence-electron chi connectivity index (χ0n) is 18.2. The molecule has 2 atom stereocenters. The number of nitriles is 1. The highest BCUT2D eigenvalue weighted by Crippen LogP contribution is 2.36. The first-order valence-electron chi connectivity index (χ1n) is 10.5. The van der Waals surface area contributed by atoms with E-state index in [0.717, 1.165) is 35.5 Å². The molecule has 1 aromatic heterocycles. The quantitative estimate of drug-likeness (QED) is 0.699. The van der Waals surface area contributed by atoms with E-state index in [-0.39, 0.29) is 24.4 Å². The van der Waals surface area contributed by atoms with Gasteiger partial charge in [-0.1, -0.05) is 12.1 Å². The smallest absolute Gasteiger partial charge is 0.237 e. The van der Waals surface area contributed by atoms with Gasteiger partial charge in [-0.3, -0.25) is 4.79 Å². The molecule has 0 radical (unpaired) electrons. The van der Waals surface area contributed by atoms with Crippen molar-refractivity contribution in [3.63, 3.8) is 0 Å². The van der Waals surface area contributed by atoms with Crippen LogP contribution in [-0.4, -0.2) is 52.1 Å². The summed E-state index contributed by atoms with van der Waals surface area (Å²) < 4.78 is 5.71. The Morgan fingerprint density at radius 1 is 1.50 bits per heavy atom. The number of likely N-dealkylation sites (tertiary alicyclic amines) is 1. The molecule has 30 heavy (non-hydrogen) atoms. The van der Waals surface area contributed by atoms with Crippen LogP contribution in [0.4, 0.5) is 0 Å². The predicted molar refractivity (Wildman–Crippen MR) is 115 cm³/mol. The SMILES string of the molecule is CCOc1cccc(C(c2nc[nH]c2C)C(C)(C)NCC(=O)N2CCC[C@H]2C#N)c1.